The molecule has 232 valence electrons. The molecular weight excluding hydrogens is 575 g/mol. The summed E-state index contributed by atoms with van der Waals surface area (Å²) in [5.74, 6) is 0.666. The van der Waals surface area contributed by atoms with E-state index in [0.29, 0.717) is 29.7 Å². The van der Waals surface area contributed by atoms with Gasteiger partial charge in [-0.1, -0.05) is 136 Å². The molecule has 4 aromatic rings. The molecule has 4 aromatic carbocycles. The first-order chi connectivity index (χ1) is 21.8. The summed E-state index contributed by atoms with van der Waals surface area (Å²) in [4.78, 5) is 28.2. The highest BCUT2D eigenvalue weighted by molar-refractivity contribution is 8.01. The Labute approximate surface area is 272 Å². The van der Waals surface area contributed by atoms with Gasteiger partial charge in [0, 0.05) is 10.8 Å². The zero-order valence-corrected chi connectivity index (χ0v) is 27.2. The van der Waals surface area contributed by atoms with Gasteiger partial charge in [0.25, 0.3) is 5.91 Å². The van der Waals surface area contributed by atoms with Gasteiger partial charge in [-0.05, 0) is 65.8 Å². The molecule has 1 N–H and O–H groups in total. The third-order valence-corrected chi connectivity index (χ3v) is 11.6. The van der Waals surface area contributed by atoms with Crippen molar-refractivity contribution in [1.29, 1.82) is 0 Å². The van der Waals surface area contributed by atoms with Gasteiger partial charge in [-0.2, -0.15) is 0 Å². The van der Waals surface area contributed by atoms with Crippen molar-refractivity contribution in [3.8, 4) is 0 Å². The normalized spacial score (nSPS) is 24.5. The minimum absolute atomic E-state index is 0.153. The van der Waals surface area contributed by atoms with Gasteiger partial charge in [0.2, 0.25) is 0 Å². The zero-order valence-electron chi connectivity index (χ0n) is 26.4. The van der Waals surface area contributed by atoms with Crippen LogP contribution >= 0.6 is 11.8 Å². The Hall–Kier alpha value is -3.83. The number of carbonyl (C=O) groups excluding carboxylic acids is 2. The number of esters is 1. The second-order valence-electron chi connectivity index (χ2n) is 13.2. The molecule has 0 saturated heterocycles. The molecule has 0 bridgehead atoms. The molecule has 0 aliphatic heterocycles. The van der Waals surface area contributed by atoms with Crippen molar-refractivity contribution in [2.24, 2.45) is 17.8 Å². The molecule has 0 heterocycles. The van der Waals surface area contributed by atoms with Crippen LogP contribution in [0.25, 0.3) is 0 Å². The molecule has 2 saturated carbocycles. The van der Waals surface area contributed by atoms with Crippen LogP contribution in [0.5, 0.6) is 0 Å². The van der Waals surface area contributed by atoms with Crippen molar-refractivity contribution in [2.75, 3.05) is 0 Å². The highest BCUT2D eigenvalue weighted by Crippen LogP contribution is 2.59. The van der Waals surface area contributed by atoms with Crippen molar-refractivity contribution in [2.45, 2.75) is 68.1 Å². The smallest absolute Gasteiger partial charge is 0.333 e. The minimum atomic E-state index is -1.14. The number of benzene rings is 4. The third kappa shape index (κ3) is 6.33. The predicted octanol–water partition coefficient (Wildman–Crippen LogP) is 8.66. The van der Waals surface area contributed by atoms with Crippen molar-refractivity contribution in [1.82, 2.24) is 5.32 Å². The van der Waals surface area contributed by atoms with Crippen molar-refractivity contribution in [3.63, 3.8) is 0 Å². The van der Waals surface area contributed by atoms with Gasteiger partial charge in [0.1, 0.15) is 6.10 Å². The molecule has 0 unspecified atom stereocenters. The number of carbonyl (C=O) groups is 2. The van der Waals surface area contributed by atoms with Crippen LogP contribution in [0.2, 0.25) is 0 Å². The Morgan fingerprint density at radius 3 is 1.76 bits per heavy atom. The lowest BCUT2D eigenvalue weighted by atomic mass is 9.75. The van der Waals surface area contributed by atoms with E-state index >= 15 is 0 Å². The molecule has 5 atom stereocenters. The van der Waals surface area contributed by atoms with E-state index in [2.05, 4.69) is 98.9 Å². The molecule has 5 heteroatoms. The monoisotopic (exact) mass is 617 g/mol. The van der Waals surface area contributed by atoms with Crippen LogP contribution < -0.4 is 5.32 Å². The van der Waals surface area contributed by atoms with Crippen molar-refractivity contribution in [3.05, 3.63) is 144 Å². The fraction of sp³-hybridized carbons (Fsp3) is 0.350. The lowest BCUT2D eigenvalue weighted by Gasteiger charge is -2.38. The maximum atomic E-state index is 14.5. The molecule has 4 nitrogen and oxygen atoms in total. The summed E-state index contributed by atoms with van der Waals surface area (Å²) in [5, 5.41) is 3.01. The Balaban J connectivity index is 1.41. The van der Waals surface area contributed by atoms with Gasteiger partial charge >= 0.3 is 5.97 Å². The average Bonchev–Trinajstić information content (AvgIpc) is 3.77. The molecule has 6 rings (SSSR count). The SMILES string of the molecule is CC(C)[C@H]1CC[C@H](C)C[C@@H]1OC(=O)[C@@]1(NC(=O)c2ccccc2)C[C@@H]1SC(c1ccccc1)(c1ccccc1)c1ccccc1. The fourth-order valence-electron chi connectivity index (χ4n) is 7.07. The number of nitrogens with one attached hydrogen (secondary N) is 1. The van der Waals surface area contributed by atoms with Crippen LogP contribution in [0.3, 0.4) is 0 Å². The number of amides is 1. The van der Waals surface area contributed by atoms with E-state index in [4.69, 9.17) is 4.74 Å². The summed E-state index contributed by atoms with van der Waals surface area (Å²) in [5.41, 5.74) is 2.77. The topological polar surface area (TPSA) is 55.4 Å². The van der Waals surface area contributed by atoms with Gasteiger partial charge in [0.15, 0.2) is 5.54 Å². The number of ether oxygens (including phenoxy) is 1. The van der Waals surface area contributed by atoms with Gasteiger partial charge in [-0.3, -0.25) is 4.79 Å². The molecule has 2 aliphatic carbocycles. The lowest BCUT2D eigenvalue weighted by Crippen LogP contribution is -2.49. The highest BCUT2D eigenvalue weighted by atomic mass is 32.2. The molecule has 2 aliphatic rings. The van der Waals surface area contributed by atoms with E-state index in [1.807, 2.05) is 36.4 Å². The van der Waals surface area contributed by atoms with E-state index in [-0.39, 0.29) is 23.2 Å². The van der Waals surface area contributed by atoms with Crippen molar-refractivity contribution >= 4 is 23.6 Å². The molecule has 0 spiro atoms. The van der Waals surface area contributed by atoms with E-state index in [1.165, 1.54) is 0 Å². The standard InChI is InChI=1S/C40H43NO3S/c1-28(2)34-25-24-29(3)26-35(34)44-38(43)39(41-37(42)30-16-8-4-9-17-30)27-36(39)45-40(31-18-10-5-11-19-31,32-20-12-6-13-21-32)33-22-14-7-15-23-33/h4-23,28-29,34-36H,24-27H2,1-3H3,(H,41,42)/t29-,34+,35-,36-,39+/m0/s1. The third-order valence-electron chi connectivity index (χ3n) is 9.71. The van der Waals surface area contributed by atoms with Gasteiger partial charge in [0.05, 0.1) is 4.75 Å². The Morgan fingerprint density at radius 1 is 0.778 bits per heavy atom. The summed E-state index contributed by atoms with van der Waals surface area (Å²) in [7, 11) is 0. The lowest BCUT2D eigenvalue weighted by molar-refractivity contribution is -0.159. The van der Waals surface area contributed by atoms with Gasteiger partial charge in [-0.25, -0.2) is 4.79 Å². The van der Waals surface area contributed by atoms with Crippen LogP contribution in [0, 0.1) is 17.8 Å². The van der Waals surface area contributed by atoms with E-state index < -0.39 is 10.3 Å². The summed E-state index contributed by atoms with van der Waals surface area (Å²) in [6.07, 6.45) is 3.41. The Bertz CT molecular complexity index is 1480. The zero-order chi connectivity index (χ0) is 31.4. The quantitative estimate of drug-likeness (QED) is 0.143. The van der Waals surface area contributed by atoms with Gasteiger partial charge in [-0.15, -0.1) is 11.8 Å². The summed E-state index contributed by atoms with van der Waals surface area (Å²) in [6, 6.07) is 40.6. The van der Waals surface area contributed by atoms with Crippen LogP contribution in [0.15, 0.2) is 121 Å². The maximum Gasteiger partial charge on any atom is 0.333 e. The summed E-state index contributed by atoms with van der Waals surface area (Å²) >= 11 is 1.74. The Morgan fingerprint density at radius 2 is 1.27 bits per heavy atom. The molecule has 0 aromatic heterocycles. The number of hydrogen-bond acceptors (Lipinski definition) is 4. The molecule has 1 amide bonds. The summed E-state index contributed by atoms with van der Waals surface area (Å²) in [6.45, 7) is 6.68. The first-order valence-corrected chi connectivity index (χ1v) is 17.1. The van der Waals surface area contributed by atoms with Crippen LogP contribution in [0.1, 0.15) is 73.5 Å². The maximum absolute atomic E-state index is 14.5. The van der Waals surface area contributed by atoms with Crippen molar-refractivity contribution < 1.29 is 14.3 Å². The predicted molar refractivity (Wildman–Crippen MR) is 183 cm³/mol. The second-order valence-corrected chi connectivity index (χ2v) is 14.6. The summed E-state index contributed by atoms with van der Waals surface area (Å²) < 4.78 is 5.88. The Kier molecular flexibility index (Phi) is 9.18. The first-order valence-electron chi connectivity index (χ1n) is 16.3. The minimum Gasteiger partial charge on any atom is -0.460 e. The number of thioether (sulfide) groups is 1. The highest BCUT2D eigenvalue weighted by Gasteiger charge is 2.66. The largest absolute Gasteiger partial charge is 0.460 e. The number of hydrogen-bond donors (Lipinski definition) is 1. The second kappa shape index (κ2) is 13.3. The molecule has 0 radical (unpaired) electrons. The van der Waals surface area contributed by atoms with E-state index in [0.717, 1.165) is 36.0 Å². The number of rotatable bonds is 10. The van der Waals surface area contributed by atoms with Crippen LogP contribution in [-0.4, -0.2) is 28.8 Å². The molecule has 45 heavy (non-hydrogen) atoms. The van der Waals surface area contributed by atoms with E-state index in [1.54, 1.807) is 23.9 Å². The fourth-order valence-corrected chi connectivity index (χ4v) is 9.01. The van der Waals surface area contributed by atoms with Crippen LogP contribution in [-0.2, 0) is 14.3 Å². The first kappa shape index (κ1) is 31.2. The van der Waals surface area contributed by atoms with Gasteiger partial charge < -0.3 is 10.1 Å². The molecular formula is C40H43NO3S. The van der Waals surface area contributed by atoms with E-state index in [9.17, 15) is 9.59 Å². The average molecular weight is 618 g/mol. The molecule has 2 fully saturated rings. The van der Waals surface area contributed by atoms with Crippen LogP contribution in [0.4, 0.5) is 0 Å².